The van der Waals surface area contributed by atoms with E-state index in [1.165, 1.54) is 14.2 Å². The number of amides is 4. The normalized spacial score (nSPS) is 20.1. The Morgan fingerprint density at radius 3 is 1.73 bits per heavy atom. The number of H-pyrrole nitrogens is 2. The number of carbonyl (C=O) groups excluding carboxylic acids is 4. The highest BCUT2D eigenvalue weighted by Gasteiger charge is 2.47. The monoisotopic (exact) mass is 848 g/mol. The lowest BCUT2D eigenvalue weighted by atomic mass is 9.95. The van der Waals surface area contributed by atoms with E-state index >= 15 is 0 Å². The van der Waals surface area contributed by atoms with Crippen LogP contribution in [0.25, 0.3) is 22.5 Å². The minimum atomic E-state index is -0.809. The van der Waals surface area contributed by atoms with Crippen LogP contribution in [-0.2, 0) is 28.5 Å². The highest BCUT2D eigenvalue weighted by Crippen LogP contribution is 2.38. The van der Waals surface area contributed by atoms with Crippen molar-refractivity contribution in [1.29, 1.82) is 0 Å². The highest BCUT2D eigenvalue weighted by molar-refractivity contribution is 5.87. The number of methoxy groups -OCH3 is 2. The molecule has 2 aromatic heterocycles. The van der Waals surface area contributed by atoms with E-state index in [1.807, 2.05) is 76.2 Å². The van der Waals surface area contributed by atoms with Crippen molar-refractivity contribution in [2.24, 2.45) is 17.8 Å². The number of rotatable bonds is 11. The van der Waals surface area contributed by atoms with Crippen molar-refractivity contribution in [2.75, 3.05) is 40.6 Å². The average Bonchev–Trinajstić information content (AvgIpc) is 4.13. The quantitative estimate of drug-likeness (QED) is 0.131. The van der Waals surface area contributed by atoms with E-state index in [0.29, 0.717) is 31.4 Å². The van der Waals surface area contributed by atoms with E-state index in [2.05, 4.69) is 37.4 Å². The maximum atomic E-state index is 14.2. The number of aromatic nitrogens is 4. The lowest BCUT2D eigenvalue weighted by molar-refractivity contribution is -0.146. The van der Waals surface area contributed by atoms with E-state index < -0.39 is 36.5 Å². The Hall–Kier alpha value is -6.18. The van der Waals surface area contributed by atoms with Gasteiger partial charge in [-0.15, -0.1) is 0 Å². The first-order valence-corrected chi connectivity index (χ1v) is 21.3. The smallest absolute Gasteiger partial charge is 0.407 e. The third-order valence-corrected chi connectivity index (χ3v) is 11.8. The molecule has 0 radical (unpaired) electrons. The van der Waals surface area contributed by atoms with Gasteiger partial charge in [0.05, 0.1) is 50.6 Å². The second-order valence-electron chi connectivity index (χ2n) is 16.6. The number of imidazole rings is 2. The summed E-state index contributed by atoms with van der Waals surface area (Å²) in [6.07, 6.45) is 4.90. The minimum absolute atomic E-state index is 0.0887. The van der Waals surface area contributed by atoms with E-state index in [0.717, 1.165) is 59.3 Å². The predicted octanol–water partition coefficient (Wildman–Crippen LogP) is 5.94. The molecule has 3 fully saturated rings. The zero-order valence-electron chi connectivity index (χ0n) is 36.1. The third kappa shape index (κ3) is 9.79. The number of benzene rings is 2. The minimum Gasteiger partial charge on any atom is -0.453 e. The molecule has 1 unspecified atom stereocenters. The number of likely N-dealkylation sites (tertiary alicyclic amines) is 1. The molecule has 2 aromatic carbocycles. The first-order valence-electron chi connectivity index (χ1n) is 21.3. The van der Waals surface area contributed by atoms with E-state index in [-0.39, 0.29) is 42.2 Å². The van der Waals surface area contributed by atoms with Crippen LogP contribution in [0.2, 0.25) is 0 Å². The molecule has 4 amide bonds. The summed E-state index contributed by atoms with van der Waals surface area (Å²) in [6.45, 7) is 9.61. The number of aromatic amines is 2. The van der Waals surface area contributed by atoms with Gasteiger partial charge >= 0.3 is 12.2 Å². The van der Waals surface area contributed by atoms with E-state index in [4.69, 9.17) is 23.9 Å². The van der Waals surface area contributed by atoms with Crippen molar-refractivity contribution in [3.8, 4) is 34.4 Å². The first-order chi connectivity index (χ1) is 29.9. The topological polar surface area (TPSA) is 193 Å². The van der Waals surface area contributed by atoms with Gasteiger partial charge in [-0.3, -0.25) is 9.59 Å². The predicted molar refractivity (Wildman–Crippen MR) is 229 cm³/mol. The first kappa shape index (κ1) is 43.9. The van der Waals surface area contributed by atoms with Crippen LogP contribution >= 0.6 is 0 Å². The van der Waals surface area contributed by atoms with Gasteiger partial charge in [0.1, 0.15) is 36.0 Å². The maximum Gasteiger partial charge on any atom is 0.407 e. The van der Waals surface area contributed by atoms with Crippen molar-refractivity contribution in [3.63, 3.8) is 0 Å². The van der Waals surface area contributed by atoms with Gasteiger partial charge in [0.15, 0.2) is 0 Å². The van der Waals surface area contributed by atoms with Crippen LogP contribution in [0.1, 0.15) is 88.2 Å². The summed E-state index contributed by atoms with van der Waals surface area (Å²) in [5, 5.41) is 5.42. The van der Waals surface area contributed by atoms with Crippen molar-refractivity contribution in [3.05, 3.63) is 83.7 Å². The van der Waals surface area contributed by atoms with Crippen LogP contribution in [0.5, 0.6) is 0 Å². The molecule has 4 aromatic rings. The Morgan fingerprint density at radius 2 is 1.23 bits per heavy atom. The Labute approximate surface area is 361 Å². The van der Waals surface area contributed by atoms with Crippen LogP contribution in [-0.4, -0.2) is 113 Å². The van der Waals surface area contributed by atoms with Gasteiger partial charge in [-0.1, -0.05) is 63.8 Å². The fraction of sp³-hybridized carbons (Fsp3) is 0.478. The zero-order chi connectivity index (χ0) is 43.9. The molecule has 4 N–H and O–H groups in total. The average molecular weight is 849 g/mol. The van der Waals surface area contributed by atoms with Crippen molar-refractivity contribution < 1.29 is 38.1 Å². The second kappa shape index (κ2) is 19.7. The van der Waals surface area contributed by atoms with Crippen molar-refractivity contribution in [1.82, 2.24) is 40.4 Å². The number of nitrogens with one attached hydrogen (secondary N) is 4. The molecular weight excluding hydrogens is 793 g/mol. The SMILES string of the molecule is COC(=O)N[C@H](C(=O)N1CCC[C@H]1c1ncc(-c2ccc(C#Cc3ccc(-c4cnc([C@@H]5COC(C6CCOCC6)N5C(=O)[C@@H](NC(=O)OC)C(C)C)[nH]4)cc3)cc2)[nH]1)C(C)C. The molecular formula is C46H56N8O8. The molecule has 16 heteroatoms. The molecule has 0 bridgehead atoms. The molecule has 62 heavy (non-hydrogen) atoms. The van der Waals surface area contributed by atoms with Gasteiger partial charge in [0, 0.05) is 36.8 Å². The third-order valence-electron chi connectivity index (χ3n) is 11.8. The molecule has 0 spiro atoms. The summed E-state index contributed by atoms with van der Waals surface area (Å²) in [5.41, 5.74) is 5.15. The molecule has 0 saturated carbocycles. The Balaban J connectivity index is 1.00. The van der Waals surface area contributed by atoms with Crippen LogP contribution in [0, 0.1) is 29.6 Å². The molecule has 3 aliphatic heterocycles. The number of nitrogens with zero attached hydrogens (tertiary/aromatic N) is 4. The number of hydrogen-bond donors (Lipinski definition) is 4. The Kier molecular flexibility index (Phi) is 13.9. The van der Waals surface area contributed by atoms with Gasteiger partial charge in [-0.05, 0) is 72.9 Å². The molecule has 5 heterocycles. The van der Waals surface area contributed by atoms with Crippen LogP contribution in [0.4, 0.5) is 9.59 Å². The van der Waals surface area contributed by atoms with Gasteiger partial charge in [0.2, 0.25) is 11.8 Å². The molecule has 0 aliphatic carbocycles. The summed E-state index contributed by atoms with van der Waals surface area (Å²) in [6, 6.07) is 13.6. The summed E-state index contributed by atoms with van der Waals surface area (Å²) >= 11 is 0. The Morgan fingerprint density at radius 1 is 0.726 bits per heavy atom. The molecule has 3 aliphatic rings. The second-order valence-corrected chi connectivity index (χ2v) is 16.6. The fourth-order valence-electron chi connectivity index (χ4n) is 8.35. The van der Waals surface area contributed by atoms with Crippen LogP contribution in [0.3, 0.4) is 0 Å². The van der Waals surface area contributed by atoms with E-state index in [1.54, 1.807) is 22.2 Å². The maximum absolute atomic E-state index is 14.2. The summed E-state index contributed by atoms with van der Waals surface area (Å²) < 4.78 is 21.5. The molecule has 7 rings (SSSR count). The number of hydrogen-bond acceptors (Lipinski definition) is 10. The molecule has 3 saturated heterocycles. The number of carbonyl (C=O) groups is 4. The largest absolute Gasteiger partial charge is 0.453 e. The Bertz CT molecular complexity index is 2250. The van der Waals surface area contributed by atoms with Gasteiger partial charge in [0.25, 0.3) is 0 Å². The van der Waals surface area contributed by atoms with Gasteiger partial charge < -0.3 is 49.3 Å². The van der Waals surface area contributed by atoms with Crippen molar-refractivity contribution in [2.45, 2.75) is 83.8 Å². The molecule has 328 valence electrons. The van der Waals surface area contributed by atoms with E-state index in [9.17, 15) is 19.2 Å². The zero-order valence-corrected chi connectivity index (χ0v) is 36.1. The van der Waals surface area contributed by atoms with Crippen LogP contribution in [0.15, 0.2) is 60.9 Å². The highest BCUT2D eigenvalue weighted by atomic mass is 16.5. The standard InChI is InChI=1S/C46H56N8O8/c1-27(2)38(51-45(57)59-5)42(55)53-21-7-8-36(53)40-47-24-34(49-40)31-15-11-29(12-16-31)9-10-30-13-17-32(18-14-30)35-25-48-41(50-35)37-26-62-44(33-19-22-61-23-20-33)54(37)43(56)39(28(3)4)52-46(58)60-6/h11-18,24-25,27-28,33,36-39,44H,7-8,19-23,26H2,1-6H3,(H,47,49)(H,48,50)(H,51,57)(H,52,58)/t36-,37-,38-,39-,44?/m0/s1. The fourth-order valence-corrected chi connectivity index (χ4v) is 8.35. The lowest BCUT2D eigenvalue weighted by Gasteiger charge is -2.37. The van der Waals surface area contributed by atoms with Gasteiger partial charge in [-0.2, -0.15) is 0 Å². The molecule has 5 atom stereocenters. The number of ether oxygens (including phenoxy) is 4. The van der Waals surface area contributed by atoms with Gasteiger partial charge in [-0.25, -0.2) is 19.6 Å². The summed E-state index contributed by atoms with van der Waals surface area (Å²) in [5.74, 6) is 7.20. The van der Waals surface area contributed by atoms with Crippen LogP contribution < -0.4 is 10.6 Å². The molecule has 16 nitrogen and oxygen atoms in total. The van der Waals surface area contributed by atoms with Crippen molar-refractivity contribution >= 4 is 24.0 Å². The summed E-state index contributed by atoms with van der Waals surface area (Å²) in [7, 11) is 2.56. The number of alkyl carbamates (subject to hydrolysis) is 2. The lowest BCUT2D eigenvalue weighted by Crippen LogP contribution is -2.54. The summed E-state index contributed by atoms with van der Waals surface area (Å²) in [4.78, 5) is 71.8.